The van der Waals surface area contributed by atoms with Crippen molar-refractivity contribution in [2.75, 3.05) is 6.54 Å². The first-order chi connectivity index (χ1) is 11.1. The van der Waals surface area contributed by atoms with Crippen LogP contribution < -0.4 is 4.72 Å². The maximum atomic E-state index is 12.4. The number of nitrogens with one attached hydrogen (secondary N) is 1. The molecule has 4 nitrogen and oxygen atoms in total. The molecule has 23 heavy (non-hydrogen) atoms. The minimum atomic E-state index is -3.51. The molecule has 1 aliphatic heterocycles. The van der Waals surface area contributed by atoms with Crippen molar-refractivity contribution in [1.29, 1.82) is 0 Å². The van der Waals surface area contributed by atoms with Gasteiger partial charge in [0.1, 0.15) is 10.7 Å². The summed E-state index contributed by atoms with van der Waals surface area (Å²) in [4.78, 5) is 4.84. The Labute approximate surface area is 138 Å². The fourth-order valence-corrected chi connectivity index (χ4v) is 4.64. The molecule has 0 atom stereocenters. The van der Waals surface area contributed by atoms with Gasteiger partial charge < -0.3 is 0 Å². The molecule has 0 saturated heterocycles. The first-order valence-corrected chi connectivity index (χ1v) is 9.58. The number of nitrogens with zero attached hydrogens (tertiary/aromatic N) is 1. The molecule has 1 heterocycles. The third-order valence-corrected chi connectivity index (χ3v) is 5.86. The summed E-state index contributed by atoms with van der Waals surface area (Å²) >= 11 is 0. The minimum Gasteiger partial charge on any atom is -0.267 e. The standard InChI is InChI=1S/C18H22N2O2S/c1-14-17(16-10-6-3-7-11-16)23(21,22)20-18(14)19-13-12-15-8-4-2-5-9-15/h3,6-8,10-11H,2,4-5,9,12-13H2,1H3,(H,19,20). The first kappa shape index (κ1) is 16.0. The molecular formula is C18H22N2O2S. The van der Waals surface area contributed by atoms with Gasteiger partial charge in [0.15, 0.2) is 0 Å². The average Bonchev–Trinajstić information content (AvgIpc) is 2.78. The summed E-state index contributed by atoms with van der Waals surface area (Å²) in [5.41, 5.74) is 2.86. The van der Waals surface area contributed by atoms with Crippen molar-refractivity contribution < 1.29 is 8.42 Å². The Bertz CT molecular complexity index is 774. The van der Waals surface area contributed by atoms with Crippen molar-refractivity contribution in [3.05, 3.63) is 53.1 Å². The van der Waals surface area contributed by atoms with Gasteiger partial charge in [0.2, 0.25) is 0 Å². The maximum absolute atomic E-state index is 12.4. The van der Waals surface area contributed by atoms with E-state index in [-0.39, 0.29) is 0 Å². The second-order valence-electron chi connectivity index (χ2n) is 6.01. The van der Waals surface area contributed by atoms with Gasteiger partial charge in [-0.1, -0.05) is 42.0 Å². The molecule has 0 saturated carbocycles. The van der Waals surface area contributed by atoms with Gasteiger partial charge in [-0.2, -0.15) is 0 Å². The number of hydrogen-bond acceptors (Lipinski definition) is 3. The monoisotopic (exact) mass is 330 g/mol. The van der Waals surface area contributed by atoms with Crippen LogP contribution in [0.25, 0.3) is 4.91 Å². The van der Waals surface area contributed by atoms with Crippen LogP contribution in [0, 0.1) is 0 Å². The van der Waals surface area contributed by atoms with E-state index >= 15 is 0 Å². The Kier molecular flexibility index (Phi) is 4.66. The first-order valence-electron chi connectivity index (χ1n) is 8.10. The Morgan fingerprint density at radius 2 is 1.96 bits per heavy atom. The zero-order chi connectivity index (χ0) is 16.3. The van der Waals surface area contributed by atoms with Crippen LogP contribution >= 0.6 is 0 Å². The molecule has 0 bridgehead atoms. The lowest BCUT2D eigenvalue weighted by molar-refractivity contribution is 0.603. The van der Waals surface area contributed by atoms with E-state index in [9.17, 15) is 8.42 Å². The molecule has 1 aromatic carbocycles. The second-order valence-corrected chi connectivity index (χ2v) is 7.63. The number of amidine groups is 1. The summed E-state index contributed by atoms with van der Waals surface area (Å²) in [6, 6.07) is 9.19. The fraction of sp³-hybridized carbons (Fsp3) is 0.389. The zero-order valence-electron chi connectivity index (χ0n) is 13.4. The van der Waals surface area contributed by atoms with Crippen LogP contribution in [0.3, 0.4) is 0 Å². The summed E-state index contributed by atoms with van der Waals surface area (Å²) < 4.78 is 27.4. The quantitative estimate of drug-likeness (QED) is 0.857. The van der Waals surface area contributed by atoms with E-state index in [2.05, 4.69) is 15.8 Å². The zero-order valence-corrected chi connectivity index (χ0v) is 14.2. The van der Waals surface area contributed by atoms with E-state index in [1.807, 2.05) is 37.3 Å². The van der Waals surface area contributed by atoms with E-state index in [4.69, 9.17) is 0 Å². The highest BCUT2D eigenvalue weighted by Gasteiger charge is 2.32. The Balaban J connectivity index is 1.80. The predicted octanol–water partition coefficient (Wildman–Crippen LogP) is 3.64. The number of benzene rings is 1. The lowest BCUT2D eigenvalue weighted by atomic mass is 9.97. The molecule has 5 heteroatoms. The molecule has 0 fully saturated rings. The Morgan fingerprint density at radius 1 is 1.17 bits per heavy atom. The largest absolute Gasteiger partial charge is 0.267 e. The van der Waals surface area contributed by atoms with Crippen LogP contribution in [-0.2, 0) is 10.0 Å². The molecule has 0 amide bonds. The third-order valence-electron chi connectivity index (χ3n) is 4.32. The fourth-order valence-electron chi connectivity index (χ4n) is 3.12. The van der Waals surface area contributed by atoms with Gasteiger partial charge >= 0.3 is 0 Å². The highest BCUT2D eigenvalue weighted by molar-refractivity contribution is 8.00. The van der Waals surface area contributed by atoms with Crippen molar-refractivity contribution in [3.63, 3.8) is 0 Å². The van der Waals surface area contributed by atoms with Crippen molar-refractivity contribution >= 4 is 20.8 Å². The smallest absolute Gasteiger partial charge is 0.264 e. The molecule has 122 valence electrons. The van der Waals surface area contributed by atoms with E-state index in [1.54, 1.807) is 0 Å². The number of hydrogen-bond donors (Lipinski definition) is 1. The van der Waals surface area contributed by atoms with Crippen LogP contribution in [0.5, 0.6) is 0 Å². The van der Waals surface area contributed by atoms with Crippen molar-refractivity contribution in [3.8, 4) is 0 Å². The van der Waals surface area contributed by atoms with Gasteiger partial charge in [-0.05, 0) is 44.6 Å². The molecule has 2 aliphatic rings. The summed E-state index contributed by atoms with van der Waals surface area (Å²) in [6.45, 7) is 2.45. The predicted molar refractivity (Wildman–Crippen MR) is 94.6 cm³/mol. The molecule has 0 aromatic heterocycles. The van der Waals surface area contributed by atoms with Gasteiger partial charge in [0.05, 0.1) is 0 Å². The van der Waals surface area contributed by atoms with Gasteiger partial charge in [-0.15, -0.1) is 0 Å². The topological polar surface area (TPSA) is 58.5 Å². The molecule has 3 rings (SSSR count). The Hall–Kier alpha value is -1.88. The summed E-state index contributed by atoms with van der Waals surface area (Å²) in [5.74, 6) is 0.486. The number of aliphatic imine (C=N–C) groups is 1. The lowest BCUT2D eigenvalue weighted by Crippen LogP contribution is -2.23. The SMILES string of the molecule is CC1=C(c2ccccc2)S(=O)(=O)NC1=NCCC1=CCCCC1. The van der Waals surface area contributed by atoms with Crippen molar-refractivity contribution in [2.24, 2.45) is 4.99 Å². The van der Waals surface area contributed by atoms with Gasteiger partial charge in [0.25, 0.3) is 10.0 Å². The van der Waals surface area contributed by atoms with E-state index in [1.165, 1.54) is 18.4 Å². The van der Waals surface area contributed by atoms with Crippen LogP contribution in [0.15, 0.2) is 52.5 Å². The normalized spacial score (nSPS) is 22.1. The molecule has 1 aromatic rings. The summed E-state index contributed by atoms with van der Waals surface area (Å²) in [7, 11) is -3.51. The summed E-state index contributed by atoms with van der Waals surface area (Å²) in [6.07, 6.45) is 8.07. The van der Waals surface area contributed by atoms with E-state index in [0.29, 0.717) is 28.4 Å². The number of allylic oxidation sites excluding steroid dienone is 1. The van der Waals surface area contributed by atoms with Crippen LogP contribution in [-0.4, -0.2) is 20.8 Å². The van der Waals surface area contributed by atoms with Crippen molar-refractivity contribution in [1.82, 2.24) is 4.72 Å². The maximum Gasteiger partial charge on any atom is 0.264 e. The molecule has 0 radical (unpaired) electrons. The summed E-state index contributed by atoms with van der Waals surface area (Å²) in [5, 5.41) is 0. The average molecular weight is 330 g/mol. The Morgan fingerprint density at radius 3 is 2.65 bits per heavy atom. The highest BCUT2D eigenvalue weighted by atomic mass is 32.2. The third kappa shape index (κ3) is 3.55. The number of rotatable bonds is 4. The van der Waals surface area contributed by atoms with Crippen LogP contribution in [0.2, 0.25) is 0 Å². The van der Waals surface area contributed by atoms with Crippen LogP contribution in [0.1, 0.15) is 44.6 Å². The van der Waals surface area contributed by atoms with Crippen LogP contribution in [0.4, 0.5) is 0 Å². The van der Waals surface area contributed by atoms with Crippen molar-refractivity contribution in [2.45, 2.75) is 39.0 Å². The molecule has 1 aliphatic carbocycles. The van der Waals surface area contributed by atoms with E-state index in [0.717, 1.165) is 19.3 Å². The molecule has 0 spiro atoms. The van der Waals surface area contributed by atoms with Gasteiger partial charge in [0, 0.05) is 12.1 Å². The van der Waals surface area contributed by atoms with E-state index < -0.39 is 10.0 Å². The number of sulfonamides is 1. The minimum absolute atomic E-state index is 0.341. The lowest BCUT2D eigenvalue weighted by Gasteiger charge is -2.11. The molecule has 1 N–H and O–H groups in total. The molecular weight excluding hydrogens is 308 g/mol. The highest BCUT2D eigenvalue weighted by Crippen LogP contribution is 2.29. The van der Waals surface area contributed by atoms with Gasteiger partial charge in [-0.3, -0.25) is 9.71 Å². The second kappa shape index (κ2) is 6.71. The molecule has 0 unspecified atom stereocenters. The van der Waals surface area contributed by atoms with Gasteiger partial charge in [-0.25, -0.2) is 8.42 Å².